The zero-order chi connectivity index (χ0) is 20.2. The zero-order valence-electron chi connectivity index (χ0n) is 16.8. The molecular weight excluding hydrogens is 374 g/mol. The number of thioether (sulfide) groups is 1. The lowest BCUT2D eigenvalue weighted by atomic mass is 10.4. The minimum Gasteiger partial charge on any atom is -0.356 e. The Bertz CT molecular complexity index is 746. The van der Waals surface area contributed by atoms with E-state index in [0.717, 1.165) is 31.1 Å². The molecule has 8 nitrogen and oxygen atoms in total. The van der Waals surface area contributed by atoms with Crippen LogP contribution in [0.25, 0.3) is 0 Å². The smallest absolute Gasteiger partial charge is 0.243 e. The number of rotatable bonds is 10. The maximum absolute atomic E-state index is 11.8. The summed E-state index contributed by atoms with van der Waals surface area (Å²) in [5.74, 6) is 2.45. The van der Waals surface area contributed by atoms with Crippen molar-refractivity contribution in [1.29, 1.82) is 0 Å². The molecule has 152 valence electrons. The first-order valence-electron chi connectivity index (χ1n) is 9.37. The van der Waals surface area contributed by atoms with Crippen molar-refractivity contribution in [3.8, 4) is 0 Å². The molecule has 28 heavy (non-hydrogen) atoms. The summed E-state index contributed by atoms with van der Waals surface area (Å²) in [5, 5.41) is 14.6. The van der Waals surface area contributed by atoms with Crippen LogP contribution in [0.1, 0.15) is 12.7 Å². The van der Waals surface area contributed by atoms with E-state index in [2.05, 4.69) is 44.9 Å². The van der Waals surface area contributed by atoms with Crippen LogP contribution in [0.5, 0.6) is 0 Å². The number of guanidine groups is 1. The highest BCUT2D eigenvalue weighted by atomic mass is 32.2. The average molecular weight is 404 g/mol. The first-order chi connectivity index (χ1) is 13.6. The number of hydrogen-bond acceptors (Lipinski definition) is 5. The predicted molar refractivity (Wildman–Crippen MR) is 114 cm³/mol. The molecule has 2 N–H and O–H groups in total. The molecule has 0 bridgehead atoms. The standard InChI is InChI=1S/C19H29N7OS/c1-4-17-24-23-15-26(17)12-10-20-19(22-14-18(27)25(2)3)21-11-13-28-16-8-6-5-7-9-16/h5-9,15H,4,10-14H2,1-3H3,(H2,20,21,22). The van der Waals surface area contributed by atoms with Gasteiger partial charge in [-0.1, -0.05) is 25.1 Å². The fourth-order valence-electron chi connectivity index (χ4n) is 2.35. The third-order valence-corrected chi connectivity index (χ3v) is 4.95. The van der Waals surface area contributed by atoms with Crippen LogP contribution in [0.3, 0.4) is 0 Å². The normalized spacial score (nSPS) is 11.3. The van der Waals surface area contributed by atoms with Crippen molar-refractivity contribution in [2.45, 2.75) is 24.8 Å². The fourth-order valence-corrected chi connectivity index (χ4v) is 3.14. The largest absolute Gasteiger partial charge is 0.356 e. The lowest BCUT2D eigenvalue weighted by Crippen LogP contribution is -2.41. The van der Waals surface area contributed by atoms with E-state index in [-0.39, 0.29) is 12.5 Å². The second kappa shape index (κ2) is 12.0. The third-order valence-electron chi connectivity index (χ3n) is 3.93. The summed E-state index contributed by atoms with van der Waals surface area (Å²) in [5.41, 5.74) is 0. The van der Waals surface area contributed by atoms with E-state index < -0.39 is 0 Å². The molecule has 0 aliphatic rings. The van der Waals surface area contributed by atoms with Gasteiger partial charge in [0, 0.05) is 50.8 Å². The molecule has 0 unspecified atom stereocenters. The maximum Gasteiger partial charge on any atom is 0.243 e. The summed E-state index contributed by atoms with van der Waals surface area (Å²) in [6.07, 6.45) is 2.57. The summed E-state index contributed by atoms with van der Waals surface area (Å²) in [7, 11) is 3.46. The Kier molecular flexibility index (Phi) is 9.33. The molecule has 9 heteroatoms. The molecule has 0 radical (unpaired) electrons. The van der Waals surface area contributed by atoms with Gasteiger partial charge in [-0.2, -0.15) is 0 Å². The highest BCUT2D eigenvalue weighted by Gasteiger charge is 2.06. The number of aliphatic imine (C=N–C) groups is 1. The van der Waals surface area contributed by atoms with Gasteiger partial charge in [0.25, 0.3) is 0 Å². The van der Waals surface area contributed by atoms with E-state index in [1.54, 1.807) is 32.2 Å². The van der Waals surface area contributed by atoms with Gasteiger partial charge in [0.15, 0.2) is 5.96 Å². The number of hydrogen-bond donors (Lipinski definition) is 2. The van der Waals surface area contributed by atoms with Gasteiger partial charge < -0.3 is 20.1 Å². The molecule has 0 aliphatic carbocycles. The minimum absolute atomic E-state index is 0.0353. The monoisotopic (exact) mass is 403 g/mol. The third kappa shape index (κ3) is 7.59. The van der Waals surface area contributed by atoms with Gasteiger partial charge in [-0.05, 0) is 12.1 Å². The minimum atomic E-state index is -0.0353. The van der Waals surface area contributed by atoms with E-state index in [4.69, 9.17) is 0 Å². The molecule has 1 aromatic carbocycles. The molecule has 0 atom stereocenters. The van der Waals surface area contributed by atoms with Crippen molar-refractivity contribution in [3.05, 3.63) is 42.5 Å². The van der Waals surface area contributed by atoms with Crippen molar-refractivity contribution in [1.82, 2.24) is 30.3 Å². The van der Waals surface area contributed by atoms with Crippen molar-refractivity contribution in [3.63, 3.8) is 0 Å². The Hall–Kier alpha value is -2.55. The number of aryl methyl sites for hydroxylation is 1. The molecule has 0 saturated carbocycles. The summed E-state index contributed by atoms with van der Waals surface area (Å²) in [4.78, 5) is 19.0. The van der Waals surface area contributed by atoms with Crippen LogP contribution in [0, 0.1) is 0 Å². The molecule has 2 rings (SSSR count). The van der Waals surface area contributed by atoms with Crippen LogP contribution in [-0.2, 0) is 17.8 Å². The van der Waals surface area contributed by atoms with Crippen LogP contribution in [0.2, 0.25) is 0 Å². The first kappa shape index (κ1) is 21.7. The molecular formula is C19H29N7OS. The second-order valence-electron chi connectivity index (χ2n) is 6.26. The Labute approximate surface area is 170 Å². The zero-order valence-corrected chi connectivity index (χ0v) is 17.6. The van der Waals surface area contributed by atoms with Gasteiger partial charge in [0.1, 0.15) is 18.7 Å². The number of aromatic nitrogens is 3. The Balaban J connectivity index is 1.83. The van der Waals surface area contributed by atoms with Crippen LogP contribution >= 0.6 is 11.8 Å². The topological polar surface area (TPSA) is 87.4 Å². The van der Waals surface area contributed by atoms with Gasteiger partial charge in [0.05, 0.1) is 0 Å². The summed E-state index contributed by atoms with van der Waals surface area (Å²) < 4.78 is 2.01. The van der Waals surface area contributed by atoms with Crippen molar-refractivity contribution in [2.24, 2.45) is 4.99 Å². The molecule has 0 fully saturated rings. The lowest BCUT2D eigenvalue weighted by molar-refractivity contribution is -0.127. The van der Waals surface area contributed by atoms with E-state index in [1.165, 1.54) is 9.80 Å². The van der Waals surface area contributed by atoms with Crippen LogP contribution in [-0.4, -0.2) is 71.0 Å². The molecule has 1 aromatic heterocycles. The predicted octanol–water partition coefficient (Wildman–Crippen LogP) is 1.26. The molecule has 2 aromatic rings. The summed E-state index contributed by atoms with van der Waals surface area (Å²) >= 11 is 1.78. The van der Waals surface area contributed by atoms with Crippen LogP contribution in [0.15, 0.2) is 46.5 Å². The van der Waals surface area contributed by atoms with E-state index in [0.29, 0.717) is 12.5 Å². The number of carbonyl (C=O) groups excluding carboxylic acids is 1. The van der Waals surface area contributed by atoms with Crippen LogP contribution < -0.4 is 10.6 Å². The van der Waals surface area contributed by atoms with E-state index in [9.17, 15) is 4.79 Å². The molecule has 1 amide bonds. The number of likely N-dealkylation sites (N-methyl/N-ethyl adjacent to an activating group) is 1. The fraction of sp³-hybridized carbons (Fsp3) is 0.474. The van der Waals surface area contributed by atoms with Crippen molar-refractivity contribution in [2.75, 3.05) is 39.5 Å². The van der Waals surface area contributed by atoms with E-state index >= 15 is 0 Å². The second-order valence-corrected chi connectivity index (χ2v) is 7.43. The quantitative estimate of drug-likeness (QED) is 0.269. The maximum atomic E-state index is 11.8. The molecule has 0 spiro atoms. The Morgan fingerprint density at radius 2 is 1.96 bits per heavy atom. The number of benzene rings is 1. The highest BCUT2D eigenvalue weighted by molar-refractivity contribution is 7.99. The number of amides is 1. The molecule has 1 heterocycles. The van der Waals surface area contributed by atoms with Gasteiger partial charge in [0.2, 0.25) is 5.91 Å². The van der Waals surface area contributed by atoms with E-state index in [1.807, 2.05) is 22.8 Å². The lowest BCUT2D eigenvalue weighted by Gasteiger charge is -2.14. The first-order valence-corrected chi connectivity index (χ1v) is 10.4. The Morgan fingerprint density at radius 1 is 1.21 bits per heavy atom. The highest BCUT2D eigenvalue weighted by Crippen LogP contribution is 2.15. The summed E-state index contributed by atoms with van der Waals surface area (Å²) in [6, 6.07) is 10.3. The molecule has 0 aliphatic heterocycles. The van der Waals surface area contributed by atoms with Gasteiger partial charge in [-0.25, -0.2) is 4.99 Å². The number of nitrogens with one attached hydrogen (secondary N) is 2. The van der Waals surface area contributed by atoms with Crippen molar-refractivity contribution >= 4 is 23.6 Å². The van der Waals surface area contributed by atoms with Gasteiger partial charge in [-0.15, -0.1) is 22.0 Å². The Morgan fingerprint density at radius 3 is 2.68 bits per heavy atom. The van der Waals surface area contributed by atoms with Gasteiger partial charge >= 0.3 is 0 Å². The number of nitrogens with zero attached hydrogens (tertiary/aromatic N) is 5. The summed E-state index contributed by atoms with van der Waals surface area (Å²) in [6.45, 7) is 4.31. The number of carbonyl (C=O) groups is 1. The van der Waals surface area contributed by atoms with Gasteiger partial charge in [-0.3, -0.25) is 4.79 Å². The van der Waals surface area contributed by atoms with Crippen LogP contribution in [0.4, 0.5) is 0 Å². The van der Waals surface area contributed by atoms with Crippen molar-refractivity contribution < 1.29 is 4.79 Å². The average Bonchev–Trinajstić information content (AvgIpc) is 3.16. The SMILES string of the molecule is CCc1nncn1CCNC(=NCC(=O)N(C)C)NCCSc1ccccc1. The molecule has 0 saturated heterocycles.